The van der Waals surface area contributed by atoms with Crippen LogP contribution in [-0.4, -0.2) is 22.6 Å². The summed E-state index contributed by atoms with van der Waals surface area (Å²) in [5.41, 5.74) is 10.4. The Labute approximate surface area is 189 Å². The van der Waals surface area contributed by atoms with Crippen molar-refractivity contribution in [1.82, 2.24) is 10.1 Å². The van der Waals surface area contributed by atoms with E-state index in [9.17, 15) is 0 Å². The minimum Gasteiger partial charge on any atom is -0.370 e. The van der Waals surface area contributed by atoms with Crippen LogP contribution < -0.4 is 11.1 Å². The van der Waals surface area contributed by atoms with Crippen molar-refractivity contribution < 1.29 is 4.52 Å². The highest BCUT2D eigenvalue weighted by molar-refractivity contribution is 14.0. The Morgan fingerprint density at radius 3 is 2.59 bits per heavy atom. The number of hydrogen-bond donors (Lipinski definition) is 2. The van der Waals surface area contributed by atoms with Gasteiger partial charge in [-0.1, -0.05) is 50.2 Å². The summed E-state index contributed by atoms with van der Waals surface area (Å²) >= 11 is 0. The van der Waals surface area contributed by atoms with Gasteiger partial charge in [-0.15, -0.1) is 24.0 Å². The van der Waals surface area contributed by atoms with Gasteiger partial charge in [0.2, 0.25) is 0 Å². The molecule has 0 spiro atoms. The minimum atomic E-state index is 0. The molecular weight excluding hydrogens is 477 g/mol. The topological polar surface area (TPSA) is 89.3 Å². The summed E-state index contributed by atoms with van der Waals surface area (Å²) in [6.45, 7) is 6.95. The molecule has 0 aliphatic heterocycles. The molecule has 3 rings (SSSR count). The van der Waals surface area contributed by atoms with Gasteiger partial charge < -0.3 is 15.6 Å². The summed E-state index contributed by atoms with van der Waals surface area (Å²) in [6.07, 6.45) is 1.57. The van der Waals surface area contributed by atoms with Crippen LogP contribution in [0.5, 0.6) is 0 Å². The minimum absolute atomic E-state index is 0. The lowest BCUT2D eigenvalue weighted by molar-refractivity contribution is 0.423. The predicted molar refractivity (Wildman–Crippen MR) is 129 cm³/mol. The summed E-state index contributed by atoms with van der Waals surface area (Å²) < 4.78 is 5.27. The average molecular weight is 505 g/mol. The van der Waals surface area contributed by atoms with Crippen LogP contribution in [0.25, 0.3) is 11.5 Å². The molecule has 1 heterocycles. The van der Waals surface area contributed by atoms with Crippen LogP contribution in [0.2, 0.25) is 0 Å². The summed E-state index contributed by atoms with van der Waals surface area (Å²) in [5.74, 6) is 2.17. The van der Waals surface area contributed by atoms with Crippen LogP contribution in [0.1, 0.15) is 43.6 Å². The van der Waals surface area contributed by atoms with Gasteiger partial charge in [-0.3, -0.25) is 4.99 Å². The fraction of sp³-hybridized carbons (Fsp3) is 0.318. The van der Waals surface area contributed by atoms with E-state index in [4.69, 9.17) is 10.3 Å². The molecule has 0 aliphatic rings. The van der Waals surface area contributed by atoms with Gasteiger partial charge in [-0.05, 0) is 47.7 Å². The molecule has 0 atom stereocenters. The molecule has 1 aromatic heterocycles. The SMILES string of the molecule is CCc1noc(-c2ccc(CCN=C(N)Nc3cccc(C(C)C)c3)cc2)n1.I. The third-order valence-electron chi connectivity index (χ3n) is 4.49. The molecule has 7 heteroatoms. The number of aromatic nitrogens is 2. The molecule has 2 aromatic carbocycles. The number of nitrogens with zero attached hydrogens (tertiary/aromatic N) is 3. The van der Waals surface area contributed by atoms with Crippen molar-refractivity contribution in [3.8, 4) is 11.5 Å². The van der Waals surface area contributed by atoms with E-state index < -0.39 is 0 Å². The summed E-state index contributed by atoms with van der Waals surface area (Å²) in [5, 5.41) is 7.09. The van der Waals surface area contributed by atoms with E-state index in [0.717, 1.165) is 29.9 Å². The molecule has 0 radical (unpaired) electrons. The number of anilines is 1. The zero-order chi connectivity index (χ0) is 19.9. The highest BCUT2D eigenvalue weighted by Gasteiger charge is 2.07. The third-order valence-corrected chi connectivity index (χ3v) is 4.49. The molecule has 0 bridgehead atoms. The van der Waals surface area contributed by atoms with Crippen LogP contribution in [0.4, 0.5) is 5.69 Å². The Morgan fingerprint density at radius 2 is 1.93 bits per heavy atom. The molecule has 3 aromatic rings. The maximum atomic E-state index is 6.02. The first-order valence-corrected chi connectivity index (χ1v) is 9.64. The first-order chi connectivity index (χ1) is 13.5. The molecule has 0 fully saturated rings. The van der Waals surface area contributed by atoms with E-state index in [1.165, 1.54) is 11.1 Å². The quantitative estimate of drug-likeness (QED) is 0.268. The van der Waals surface area contributed by atoms with Crippen LogP contribution in [-0.2, 0) is 12.8 Å². The van der Waals surface area contributed by atoms with Gasteiger partial charge in [0.15, 0.2) is 11.8 Å². The number of aliphatic imine (C=N–C) groups is 1. The first kappa shape index (κ1) is 22.9. The monoisotopic (exact) mass is 505 g/mol. The van der Waals surface area contributed by atoms with Crippen molar-refractivity contribution in [3.05, 3.63) is 65.5 Å². The van der Waals surface area contributed by atoms with Crippen LogP contribution in [0.3, 0.4) is 0 Å². The maximum absolute atomic E-state index is 6.02. The smallest absolute Gasteiger partial charge is 0.257 e. The van der Waals surface area contributed by atoms with Crippen molar-refractivity contribution in [2.45, 2.75) is 39.5 Å². The third kappa shape index (κ3) is 6.56. The lowest BCUT2D eigenvalue weighted by atomic mass is 10.0. The predicted octanol–water partition coefficient (Wildman–Crippen LogP) is 5.01. The summed E-state index contributed by atoms with van der Waals surface area (Å²) in [7, 11) is 0. The Kier molecular flexibility index (Phi) is 8.63. The second kappa shape index (κ2) is 10.9. The number of aryl methyl sites for hydroxylation is 1. The van der Waals surface area contributed by atoms with Crippen LogP contribution >= 0.6 is 24.0 Å². The molecule has 0 saturated heterocycles. The highest BCUT2D eigenvalue weighted by atomic mass is 127. The van der Waals surface area contributed by atoms with Crippen molar-refractivity contribution in [2.24, 2.45) is 10.7 Å². The van der Waals surface area contributed by atoms with Crippen LogP contribution in [0.15, 0.2) is 58.0 Å². The van der Waals surface area contributed by atoms with E-state index in [0.29, 0.717) is 24.3 Å². The average Bonchev–Trinajstić information content (AvgIpc) is 3.18. The Bertz CT molecular complexity index is 934. The van der Waals surface area contributed by atoms with E-state index in [1.807, 2.05) is 31.2 Å². The zero-order valence-corrected chi connectivity index (χ0v) is 19.4. The van der Waals surface area contributed by atoms with E-state index in [-0.39, 0.29) is 24.0 Å². The van der Waals surface area contributed by atoms with Crippen LogP contribution in [0, 0.1) is 0 Å². The van der Waals surface area contributed by atoms with Gasteiger partial charge in [-0.2, -0.15) is 4.98 Å². The summed E-state index contributed by atoms with van der Waals surface area (Å²) in [6, 6.07) is 16.3. The lowest BCUT2D eigenvalue weighted by Crippen LogP contribution is -2.23. The number of nitrogens with two attached hydrogens (primary N) is 1. The molecule has 0 saturated carbocycles. The Balaban J connectivity index is 0.00000300. The van der Waals surface area contributed by atoms with Crippen molar-refractivity contribution in [3.63, 3.8) is 0 Å². The highest BCUT2D eigenvalue weighted by Crippen LogP contribution is 2.19. The number of nitrogens with one attached hydrogen (secondary N) is 1. The molecule has 3 N–H and O–H groups in total. The van der Waals surface area contributed by atoms with Gasteiger partial charge >= 0.3 is 0 Å². The van der Waals surface area contributed by atoms with Gasteiger partial charge in [0.05, 0.1) is 0 Å². The number of rotatable bonds is 7. The number of halogens is 1. The molecule has 0 aliphatic carbocycles. The molecule has 0 amide bonds. The fourth-order valence-electron chi connectivity index (χ4n) is 2.80. The number of hydrogen-bond acceptors (Lipinski definition) is 4. The van der Waals surface area contributed by atoms with Gasteiger partial charge in [0, 0.05) is 24.2 Å². The standard InChI is InChI=1S/C22H27N5O.HI/c1-4-20-26-21(28-27-20)17-10-8-16(9-11-17)12-13-24-22(23)25-19-7-5-6-18(14-19)15(2)3;/h5-11,14-15H,4,12-13H2,1-3H3,(H3,23,24,25);1H. The van der Waals surface area contributed by atoms with E-state index in [1.54, 1.807) is 0 Å². The lowest BCUT2D eigenvalue weighted by Gasteiger charge is -2.10. The molecule has 154 valence electrons. The van der Waals surface area contributed by atoms with E-state index >= 15 is 0 Å². The van der Waals surface area contributed by atoms with Crippen molar-refractivity contribution in [1.29, 1.82) is 0 Å². The Hall–Kier alpha value is -2.42. The molecular formula is C22H28IN5O. The largest absolute Gasteiger partial charge is 0.370 e. The fourth-order valence-corrected chi connectivity index (χ4v) is 2.80. The normalized spacial score (nSPS) is 11.4. The Morgan fingerprint density at radius 1 is 1.17 bits per heavy atom. The van der Waals surface area contributed by atoms with Gasteiger partial charge in [0.1, 0.15) is 0 Å². The first-order valence-electron chi connectivity index (χ1n) is 9.64. The number of guanidine groups is 1. The molecule has 29 heavy (non-hydrogen) atoms. The zero-order valence-electron chi connectivity index (χ0n) is 17.1. The van der Waals surface area contributed by atoms with Crippen molar-refractivity contribution >= 4 is 35.6 Å². The summed E-state index contributed by atoms with van der Waals surface area (Å²) in [4.78, 5) is 8.77. The maximum Gasteiger partial charge on any atom is 0.257 e. The number of benzene rings is 2. The van der Waals surface area contributed by atoms with Gasteiger partial charge in [0.25, 0.3) is 5.89 Å². The van der Waals surface area contributed by atoms with Crippen molar-refractivity contribution in [2.75, 3.05) is 11.9 Å². The second-order valence-electron chi connectivity index (χ2n) is 6.99. The molecule has 0 unspecified atom stereocenters. The molecule has 6 nitrogen and oxygen atoms in total. The van der Waals surface area contributed by atoms with Gasteiger partial charge in [-0.25, -0.2) is 0 Å². The van der Waals surface area contributed by atoms with E-state index in [2.05, 4.69) is 58.6 Å². The second-order valence-corrected chi connectivity index (χ2v) is 6.99.